The monoisotopic (exact) mass is 409 g/mol. The minimum atomic E-state index is -3.59. The van der Waals surface area contributed by atoms with Crippen molar-refractivity contribution in [2.75, 3.05) is 5.75 Å². The second kappa shape index (κ2) is 6.43. The standard InChI is InChI=1S/C14H20INO3S/c1-10-5-6-12(15)11(9-10)13(17)16-20(18,19)8-7-14(2,3)4/h5-6,9H,7-8H2,1-4H3,(H,16,17). The maximum absolute atomic E-state index is 12.1. The first-order valence-electron chi connectivity index (χ1n) is 6.31. The number of hydrogen-bond acceptors (Lipinski definition) is 3. The molecule has 0 atom stereocenters. The molecule has 0 aliphatic carbocycles. The molecule has 1 aromatic carbocycles. The van der Waals surface area contributed by atoms with E-state index in [2.05, 4.69) is 4.72 Å². The highest BCUT2D eigenvalue weighted by Gasteiger charge is 2.21. The van der Waals surface area contributed by atoms with Gasteiger partial charge in [0.05, 0.1) is 11.3 Å². The van der Waals surface area contributed by atoms with E-state index in [-0.39, 0.29) is 11.2 Å². The molecular weight excluding hydrogens is 389 g/mol. The highest BCUT2D eigenvalue weighted by Crippen LogP contribution is 2.19. The second-order valence-corrected chi connectivity index (χ2v) is 9.05. The number of carbonyl (C=O) groups excluding carboxylic acids is 1. The summed E-state index contributed by atoms with van der Waals surface area (Å²) in [7, 11) is -3.59. The SMILES string of the molecule is Cc1ccc(I)c(C(=O)NS(=O)(=O)CCC(C)(C)C)c1. The van der Waals surface area contributed by atoms with E-state index in [1.54, 1.807) is 12.1 Å². The lowest BCUT2D eigenvalue weighted by molar-refractivity contribution is 0.0980. The number of aryl methyl sites for hydroxylation is 1. The average molecular weight is 409 g/mol. The van der Waals surface area contributed by atoms with Gasteiger partial charge in [0.15, 0.2) is 0 Å². The van der Waals surface area contributed by atoms with Crippen LogP contribution in [0.3, 0.4) is 0 Å². The largest absolute Gasteiger partial charge is 0.268 e. The minimum Gasteiger partial charge on any atom is -0.268 e. The van der Waals surface area contributed by atoms with Crippen molar-refractivity contribution in [2.45, 2.75) is 34.1 Å². The summed E-state index contributed by atoms with van der Waals surface area (Å²) in [6.45, 7) is 7.76. The number of amides is 1. The quantitative estimate of drug-likeness (QED) is 0.778. The third kappa shape index (κ3) is 5.78. The Morgan fingerprint density at radius 3 is 2.45 bits per heavy atom. The molecule has 1 aromatic rings. The van der Waals surface area contributed by atoms with Crippen molar-refractivity contribution in [3.63, 3.8) is 0 Å². The van der Waals surface area contributed by atoms with Crippen molar-refractivity contribution in [2.24, 2.45) is 5.41 Å². The molecule has 6 heteroatoms. The van der Waals surface area contributed by atoms with Crippen LogP contribution in [0.2, 0.25) is 0 Å². The van der Waals surface area contributed by atoms with Crippen molar-refractivity contribution >= 4 is 38.5 Å². The molecule has 0 spiro atoms. The molecule has 0 bridgehead atoms. The van der Waals surface area contributed by atoms with Crippen LogP contribution in [0.4, 0.5) is 0 Å². The predicted molar refractivity (Wildman–Crippen MR) is 89.2 cm³/mol. The molecule has 0 heterocycles. The highest BCUT2D eigenvalue weighted by atomic mass is 127. The van der Waals surface area contributed by atoms with Gasteiger partial charge in [-0.25, -0.2) is 13.1 Å². The number of nitrogens with one attached hydrogen (secondary N) is 1. The summed E-state index contributed by atoms with van der Waals surface area (Å²) < 4.78 is 26.7. The number of rotatable bonds is 4. The van der Waals surface area contributed by atoms with Crippen molar-refractivity contribution in [3.8, 4) is 0 Å². The van der Waals surface area contributed by atoms with Crippen LogP contribution >= 0.6 is 22.6 Å². The van der Waals surface area contributed by atoms with Gasteiger partial charge in [0, 0.05) is 3.57 Å². The van der Waals surface area contributed by atoms with Gasteiger partial charge < -0.3 is 0 Å². The zero-order valence-corrected chi connectivity index (χ0v) is 15.1. The second-order valence-electron chi connectivity index (χ2n) is 6.04. The number of halogens is 1. The van der Waals surface area contributed by atoms with Gasteiger partial charge in [-0.2, -0.15) is 0 Å². The molecule has 1 N–H and O–H groups in total. The van der Waals surface area contributed by atoms with E-state index < -0.39 is 15.9 Å². The van der Waals surface area contributed by atoms with Gasteiger partial charge in [-0.05, 0) is 53.5 Å². The summed E-state index contributed by atoms with van der Waals surface area (Å²) in [5.41, 5.74) is 1.22. The van der Waals surface area contributed by atoms with E-state index in [0.29, 0.717) is 12.0 Å². The first kappa shape index (κ1) is 17.4. The van der Waals surface area contributed by atoms with Crippen LogP contribution in [-0.2, 0) is 10.0 Å². The summed E-state index contributed by atoms with van der Waals surface area (Å²) in [6.07, 6.45) is 0.501. The average Bonchev–Trinajstić information content (AvgIpc) is 2.28. The smallest absolute Gasteiger partial charge is 0.265 e. The maximum Gasteiger partial charge on any atom is 0.265 e. The fourth-order valence-electron chi connectivity index (χ4n) is 1.50. The summed E-state index contributed by atoms with van der Waals surface area (Å²) >= 11 is 2.02. The summed E-state index contributed by atoms with van der Waals surface area (Å²) in [6, 6.07) is 5.37. The molecule has 0 radical (unpaired) electrons. The van der Waals surface area contributed by atoms with Crippen LogP contribution in [0.15, 0.2) is 18.2 Å². The molecule has 1 rings (SSSR count). The molecule has 0 unspecified atom stereocenters. The molecule has 20 heavy (non-hydrogen) atoms. The Morgan fingerprint density at radius 2 is 1.90 bits per heavy atom. The van der Waals surface area contributed by atoms with Gasteiger partial charge in [-0.1, -0.05) is 32.4 Å². The van der Waals surface area contributed by atoms with Crippen molar-refractivity contribution in [3.05, 3.63) is 32.9 Å². The molecule has 4 nitrogen and oxygen atoms in total. The van der Waals surface area contributed by atoms with Gasteiger partial charge in [-0.15, -0.1) is 0 Å². The van der Waals surface area contributed by atoms with Gasteiger partial charge in [0.1, 0.15) is 0 Å². The lowest BCUT2D eigenvalue weighted by Gasteiger charge is -2.18. The number of hydrogen-bond donors (Lipinski definition) is 1. The number of carbonyl (C=O) groups is 1. The molecule has 112 valence electrons. The fourth-order valence-corrected chi connectivity index (χ4v) is 3.46. The Bertz CT molecular complexity index is 603. The van der Waals surface area contributed by atoms with E-state index in [0.717, 1.165) is 9.13 Å². The molecule has 0 aliphatic heterocycles. The van der Waals surface area contributed by atoms with Crippen LogP contribution in [0.25, 0.3) is 0 Å². The van der Waals surface area contributed by atoms with Crippen molar-refractivity contribution < 1.29 is 13.2 Å². The Hall–Kier alpha value is -0.630. The Kier molecular flexibility index (Phi) is 5.60. The molecule has 0 fully saturated rings. The molecular formula is C14H20INO3S. The summed E-state index contributed by atoms with van der Waals surface area (Å²) in [5.74, 6) is -0.614. The van der Waals surface area contributed by atoms with Gasteiger partial charge >= 0.3 is 0 Å². The minimum absolute atomic E-state index is 0.0510. The fraction of sp³-hybridized carbons (Fsp3) is 0.500. The van der Waals surface area contributed by atoms with Crippen LogP contribution in [0, 0.1) is 15.9 Å². The van der Waals surface area contributed by atoms with Crippen LogP contribution < -0.4 is 4.72 Å². The normalized spacial score (nSPS) is 12.2. The lowest BCUT2D eigenvalue weighted by atomic mass is 9.94. The van der Waals surface area contributed by atoms with E-state index in [1.165, 1.54) is 0 Å². The van der Waals surface area contributed by atoms with E-state index >= 15 is 0 Å². The first-order chi connectivity index (χ1) is 9.00. The van der Waals surface area contributed by atoms with Gasteiger partial charge in [0.25, 0.3) is 5.91 Å². The third-order valence-corrected chi connectivity index (χ3v) is 4.91. The zero-order chi connectivity index (χ0) is 15.6. The lowest BCUT2D eigenvalue weighted by Crippen LogP contribution is -2.34. The van der Waals surface area contributed by atoms with Crippen LogP contribution in [0.1, 0.15) is 43.1 Å². The van der Waals surface area contributed by atoms with E-state index in [4.69, 9.17) is 0 Å². The van der Waals surface area contributed by atoms with Gasteiger partial charge in [-0.3, -0.25) is 4.79 Å². The topological polar surface area (TPSA) is 63.2 Å². The van der Waals surface area contributed by atoms with Crippen molar-refractivity contribution in [1.29, 1.82) is 0 Å². The van der Waals surface area contributed by atoms with Crippen molar-refractivity contribution in [1.82, 2.24) is 4.72 Å². The predicted octanol–water partition coefficient (Wildman–Crippen LogP) is 3.10. The third-order valence-electron chi connectivity index (χ3n) is 2.74. The molecule has 0 aliphatic rings. The number of sulfonamides is 1. The van der Waals surface area contributed by atoms with Crippen LogP contribution in [0.5, 0.6) is 0 Å². The molecule has 0 saturated carbocycles. The van der Waals surface area contributed by atoms with E-state index in [1.807, 2.05) is 56.4 Å². The molecule has 1 amide bonds. The first-order valence-corrected chi connectivity index (χ1v) is 9.04. The molecule has 0 saturated heterocycles. The Labute approximate surface area is 134 Å². The molecule has 0 aromatic heterocycles. The van der Waals surface area contributed by atoms with E-state index in [9.17, 15) is 13.2 Å². The number of benzene rings is 1. The maximum atomic E-state index is 12.1. The summed E-state index contributed by atoms with van der Waals surface area (Å²) in [4.78, 5) is 12.1. The Balaban J connectivity index is 2.82. The summed E-state index contributed by atoms with van der Waals surface area (Å²) in [5, 5.41) is 0. The Morgan fingerprint density at radius 1 is 1.30 bits per heavy atom. The van der Waals surface area contributed by atoms with Gasteiger partial charge in [0.2, 0.25) is 10.0 Å². The highest BCUT2D eigenvalue weighted by molar-refractivity contribution is 14.1. The van der Waals surface area contributed by atoms with Crippen LogP contribution in [-0.4, -0.2) is 20.1 Å². The zero-order valence-electron chi connectivity index (χ0n) is 12.2.